The second-order valence-corrected chi connectivity index (χ2v) is 6.95. The number of aryl methyl sites for hydroxylation is 1. The topological polar surface area (TPSA) is 70.5 Å². The average Bonchev–Trinajstić information content (AvgIpc) is 2.69. The summed E-state index contributed by atoms with van der Waals surface area (Å²) in [5.74, 6) is 1.08. The number of nitrogens with two attached hydrogens (primary N) is 2. The van der Waals surface area contributed by atoms with Crippen LogP contribution in [0.4, 0.5) is 4.39 Å². The summed E-state index contributed by atoms with van der Waals surface area (Å²) in [6.07, 6.45) is 5.82. The Kier molecular flexibility index (Phi) is 9.80. The molecule has 0 aromatic heterocycles. The molecule has 4 N–H and O–H groups in total. The quantitative estimate of drug-likeness (QED) is 0.489. The molecule has 28 heavy (non-hydrogen) atoms. The number of unbranched alkanes of at least 4 members (excludes halogenated alkanes) is 2. The summed E-state index contributed by atoms with van der Waals surface area (Å²) in [5, 5.41) is 0. The van der Waals surface area contributed by atoms with Crippen LogP contribution in [-0.2, 0) is 6.42 Å². The predicted molar refractivity (Wildman–Crippen MR) is 113 cm³/mol. The third-order valence-corrected chi connectivity index (χ3v) is 4.53. The van der Waals surface area contributed by atoms with Crippen LogP contribution in [0.3, 0.4) is 0 Å². The zero-order valence-electron chi connectivity index (χ0n) is 16.9. The monoisotopic (exact) mass is 388 g/mol. The van der Waals surface area contributed by atoms with E-state index in [1.54, 1.807) is 6.07 Å². The molecule has 0 amide bonds. The van der Waals surface area contributed by atoms with Gasteiger partial charge in [0, 0.05) is 11.6 Å². The fourth-order valence-electron chi connectivity index (χ4n) is 2.97. The zero-order valence-corrected chi connectivity index (χ0v) is 16.9. The molecule has 4 nitrogen and oxygen atoms in total. The Morgan fingerprint density at radius 3 is 2.00 bits per heavy atom. The molecule has 154 valence electrons. The summed E-state index contributed by atoms with van der Waals surface area (Å²) >= 11 is 0. The van der Waals surface area contributed by atoms with Crippen LogP contribution in [0.2, 0.25) is 0 Å². The maximum atomic E-state index is 14.8. The fraction of sp³-hybridized carbons (Fsp3) is 0.478. The summed E-state index contributed by atoms with van der Waals surface area (Å²) in [6.45, 7) is 4.32. The van der Waals surface area contributed by atoms with Crippen LogP contribution in [-0.4, -0.2) is 26.3 Å². The minimum atomic E-state index is -0.221. The first-order chi connectivity index (χ1) is 13.7. The molecule has 0 aliphatic heterocycles. The highest BCUT2D eigenvalue weighted by Crippen LogP contribution is 2.32. The first-order valence-electron chi connectivity index (χ1n) is 10.3. The maximum absolute atomic E-state index is 14.8. The average molecular weight is 389 g/mol. The van der Waals surface area contributed by atoms with E-state index in [-0.39, 0.29) is 5.82 Å². The standard InChI is InChI=1S/C23H33FN2O2/c1-2-3-4-7-18-8-9-22(23(24)14-18)19-15-20(27-12-5-10-25)17-21(16-19)28-13-6-11-26/h8-9,14-17H,2-7,10-13,25-26H2,1H3. The highest BCUT2D eigenvalue weighted by molar-refractivity contribution is 5.68. The molecule has 0 fully saturated rings. The normalized spacial score (nSPS) is 10.9. The number of hydrogen-bond acceptors (Lipinski definition) is 4. The summed E-state index contributed by atoms with van der Waals surface area (Å²) < 4.78 is 26.4. The molecule has 0 spiro atoms. The van der Waals surface area contributed by atoms with E-state index in [2.05, 4.69) is 6.92 Å². The van der Waals surface area contributed by atoms with Gasteiger partial charge in [0.2, 0.25) is 0 Å². The van der Waals surface area contributed by atoms with E-state index in [4.69, 9.17) is 20.9 Å². The highest BCUT2D eigenvalue weighted by Gasteiger charge is 2.11. The van der Waals surface area contributed by atoms with Crippen molar-refractivity contribution >= 4 is 0 Å². The Balaban J connectivity index is 2.23. The molecular formula is C23H33FN2O2. The molecule has 5 heteroatoms. The van der Waals surface area contributed by atoms with E-state index in [0.29, 0.717) is 43.4 Å². The van der Waals surface area contributed by atoms with Gasteiger partial charge in [-0.15, -0.1) is 0 Å². The van der Waals surface area contributed by atoms with Crippen molar-refractivity contribution in [1.29, 1.82) is 0 Å². The molecule has 0 aliphatic rings. The number of benzene rings is 2. The van der Waals surface area contributed by atoms with Crippen molar-refractivity contribution in [3.63, 3.8) is 0 Å². The van der Waals surface area contributed by atoms with E-state index in [0.717, 1.165) is 49.7 Å². The van der Waals surface area contributed by atoms with Crippen LogP contribution in [0.15, 0.2) is 36.4 Å². The summed E-state index contributed by atoms with van der Waals surface area (Å²) in [4.78, 5) is 0. The molecule has 0 bridgehead atoms. The third-order valence-electron chi connectivity index (χ3n) is 4.53. The maximum Gasteiger partial charge on any atom is 0.131 e. The fourth-order valence-corrected chi connectivity index (χ4v) is 2.97. The van der Waals surface area contributed by atoms with Gasteiger partial charge in [0.25, 0.3) is 0 Å². The Bertz CT molecular complexity index is 693. The minimum absolute atomic E-state index is 0.221. The molecule has 0 atom stereocenters. The van der Waals surface area contributed by atoms with E-state index < -0.39 is 0 Å². The van der Waals surface area contributed by atoms with Gasteiger partial charge in [-0.05, 0) is 68.1 Å². The van der Waals surface area contributed by atoms with Crippen molar-refractivity contribution in [2.45, 2.75) is 45.4 Å². The first kappa shape index (κ1) is 22.2. The molecule has 2 aromatic rings. The van der Waals surface area contributed by atoms with Gasteiger partial charge in [0.15, 0.2) is 0 Å². The van der Waals surface area contributed by atoms with Crippen LogP contribution in [0.5, 0.6) is 11.5 Å². The van der Waals surface area contributed by atoms with Crippen molar-refractivity contribution in [1.82, 2.24) is 0 Å². The van der Waals surface area contributed by atoms with Gasteiger partial charge >= 0.3 is 0 Å². The molecule has 0 saturated heterocycles. The van der Waals surface area contributed by atoms with E-state index >= 15 is 0 Å². The Hall–Kier alpha value is -2.11. The second-order valence-electron chi connectivity index (χ2n) is 6.95. The van der Waals surface area contributed by atoms with Crippen molar-refractivity contribution in [2.75, 3.05) is 26.3 Å². The van der Waals surface area contributed by atoms with Crippen LogP contribution in [0.1, 0.15) is 44.6 Å². The Morgan fingerprint density at radius 2 is 1.46 bits per heavy atom. The lowest BCUT2D eigenvalue weighted by Crippen LogP contribution is -2.07. The summed E-state index contributed by atoms with van der Waals surface area (Å²) in [5.41, 5.74) is 13.4. The number of halogens is 1. The van der Waals surface area contributed by atoms with Crippen molar-refractivity contribution in [3.05, 3.63) is 47.8 Å². The molecule has 0 radical (unpaired) electrons. The van der Waals surface area contributed by atoms with Crippen LogP contribution >= 0.6 is 0 Å². The van der Waals surface area contributed by atoms with Crippen molar-refractivity contribution in [3.8, 4) is 22.6 Å². The molecule has 0 unspecified atom stereocenters. The highest BCUT2D eigenvalue weighted by atomic mass is 19.1. The van der Waals surface area contributed by atoms with Gasteiger partial charge in [-0.25, -0.2) is 4.39 Å². The smallest absolute Gasteiger partial charge is 0.131 e. The number of hydrogen-bond donors (Lipinski definition) is 2. The van der Waals surface area contributed by atoms with Gasteiger partial charge in [-0.3, -0.25) is 0 Å². The van der Waals surface area contributed by atoms with Crippen LogP contribution < -0.4 is 20.9 Å². The molecule has 0 heterocycles. The molecule has 0 saturated carbocycles. The van der Waals surface area contributed by atoms with Crippen molar-refractivity contribution in [2.24, 2.45) is 11.5 Å². The molecular weight excluding hydrogens is 355 g/mol. The van der Waals surface area contributed by atoms with Gasteiger partial charge in [0.05, 0.1) is 13.2 Å². The van der Waals surface area contributed by atoms with Crippen molar-refractivity contribution < 1.29 is 13.9 Å². The van der Waals surface area contributed by atoms with Gasteiger partial charge in [-0.1, -0.05) is 31.9 Å². The lowest BCUT2D eigenvalue weighted by Gasteiger charge is -2.13. The predicted octanol–water partition coefficient (Wildman–Crippen LogP) is 4.68. The summed E-state index contributed by atoms with van der Waals surface area (Å²) in [7, 11) is 0. The summed E-state index contributed by atoms with van der Waals surface area (Å²) in [6, 6.07) is 11.0. The van der Waals surface area contributed by atoms with E-state index in [1.165, 1.54) is 0 Å². The van der Waals surface area contributed by atoms with Gasteiger partial charge < -0.3 is 20.9 Å². The lowest BCUT2D eigenvalue weighted by molar-refractivity contribution is 0.298. The molecule has 0 aliphatic carbocycles. The van der Waals surface area contributed by atoms with Crippen LogP contribution in [0.25, 0.3) is 11.1 Å². The van der Waals surface area contributed by atoms with Gasteiger partial charge in [-0.2, -0.15) is 0 Å². The van der Waals surface area contributed by atoms with E-state index in [1.807, 2.05) is 30.3 Å². The largest absolute Gasteiger partial charge is 0.493 e. The van der Waals surface area contributed by atoms with E-state index in [9.17, 15) is 4.39 Å². The third kappa shape index (κ3) is 7.13. The number of ether oxygens (including phenoxy) is 2. The Labute approximate surface area is 168 Å². The second kappa shape index (κ2) is 12.4. The molecule has 2 rings (SSSR count). The van der Waals surface area contributed by atoms with Gasteiger partial charge in [0.1, 0.15) is 17.3 Å². The first-order valence-corrected chi connectivity index (χ1v) is 10.3. The Morgan fingerprint density at radius 1 is 0.821 bits per heavy atom. The zero-order chi connectivity index (χ0) is 20.2. The lowest BCUT2D eigenvalue weighted by atomic mass is 10.00. The van der Waals surface area contributed by atoms with Crippen LogP contribution in [0, 0.1) is 5.82 Å². The minimum Gasteiger partial charge on any atom is -0.493 e. The number of rotatable bonds is 13. The molecule has 2 aromatic carbocycles. The SMILES string of the molecule is CCCCCc1ccc(-c2cc(OCCCN)cc(OCCCN)c2)c(F)c1.